The van der Waals surface area contributed by atoms with Crippen LogP contribution in [0.4, 0.5) is 0 Å². The fraction of sp³-hybridized carbons (Fsp3) is 0.789. The van der Waals surface area contributed by atoms with Crippen molar-refractivity contribution in [3.63, 3.8) is 0 Å². The molecule has 26 heavy (non-hydrogen) atoms. The number of rotatable bonds is 8. The van der Waals surface area contributed by atoms with Gasteiger partial charge in [-0.25, -0.2) is 9.98 Å². The second-order valence-corrected chi connectivity index (χ2v) is 7.35. The number of oxazole rings is 1. The lowest BCUT2D eigenvalue weighted by Gasteiger charge is -2.29. The Labute approximate surface area is 175 Å². The molecule has 1 aromatic heterocycles. The normalized spacial score (nSPS) is 16.6. The molecule has 2 heterocycles. The van der Waals surface area contributed by atoms with E-state index in [2.05, 4.69) is 46.3 Å². The third-order valence-corrected chi connectivity index (χ3v) is 4.70. The van der Waals surface area contributed by atoms with Crippen molar-refractivity contribution in [1.29, 1.82) is 0 Å². The number of hydrogen-bond donors (Lipinski definition) is 2. The summed E-state index contributed by atoms with van der Waals surface area (Å²) in [4.78, 5) is 11.7. The van der Waals surface area contributed by atoms with Crippen LogP contribution >= 0.6 is 24.0 Å². The number of aryl methyl sites for hydroxylation is 2. The zero-order valence-corrected chi connectivity index (χ0v) is 19.3. The van der Waals surface area contributed by atoms with Gasteiger partial charge in [0.2, 0.25) is 5.89 Å². The third kappa shape index (κ3) is 7.42. The second-order valence-electron chi connectivity index (χ2n) is 7.35. The molecule has 1 saturated heterocycles. The topological polar surface area (TPSA) is 65.7 Å². The Morgan fingerprint density at radius 3 is 2.46 bits per heavy atom. The van der Waals surface area contributed by atoms with Crippen LogP contribution in [0.3, 0.4) is 0 Å². The Kier molecular flexibility index (Phi) is 10.5. The summed E-state index contributed by atoms with van der Waals surface area (Å²) in [6.07, 6.45) is 3.86. The first kappa shape index (κ1) is 23.2. The lowest BCUT2D eigenvalue weighted by Crippen LogP contribution is -2.47. The highest BCUT2D eigenvalue weighted by Gasteiger charge is 2.22. The van der Waals surface area contributed by atoms with Gasteiger partial charge < -0.3 is 15.1 Å². The molecular weight excluding hydrogens is 441 g/mol. The van der Waals surface area contributed by atoms with E-state index in [0.29, 0.717) is 24.4 Å². The molecule has 0 aliphatic carbocycles. The first-order chi connectivity index (χ1) is 12.0. The van der Waals surface area contributed by atoms with Crippen molar-refractivity contribution < 1.29 is 4.42 Å². The van der Waals surface area contributed by atoms with E-state index in [-0.39, 0.29) is 24.0 Å². The number of hydrogen-bond acceptors (Lipinski definition) is 4. The average molecular weight is 477 g/mol. The largest absolute Gasteiger partial charge is 0.444 e. The quantitative estimate of drug-likeness (QED) is 0.341. The number of aromatic nitrogens is 1. The Bertz CT molecular complexity index is 533. The zero-order valence-electron chi connectivity index (χ0n) is 17.0. The molecule has 1 aliphatic heterocycles. The molecule has 0 spiro atoms. The molecule has 2 rings (SSSR count). The predicted molar refractivity (Wildman–Crippen MR) is 118 cm³/mol. The molecule has 7 heteroatoms. The SMILES string of the molecule is CCNC(=NCc1nc(C)c(C)o1)NCC(CC(C)C)N1CCCC1.I. The van der Waals surface area contributed by atoms with Crippen LogP contribution in [0, 0.1) is 19.8 Å². The maximum absolute atomic E-state index is 5.62. The first-order valence-electron chi connectivity index (χ1n) is 9.68. The molecule has 0 radical (unpaired) electrons. The van der Waals surface area contributed by atoms with Gasteiger partial charge in [-0.1, -0.05) is 13.8 Å². The lowest BCUT2D eigenvalue weighted by molar-refractivity contribution is 0.213. The minimum absolute atomic E-state index is 0. The van der Waals surface area contributed by atoms with E-state index in [4.69, 9.17) is 4.42 Å². The van der Waals surface area contributed by atoms with Gasteiger partial charge >= 0.3 is 0 Å². The van der Waals surface area contributed by atoms with E-state index in [1.54, 1.807) is 0 Å². The van der Waals surface area contributed by atoms with Gasteiger partial charge in [0.1, 0.15) is 12.3 Å². The molecule has 1 atom stereocenters. The van der Waals surface area contributed by atoms with Crippen molar-refractivity contribution in [2.75, 3.05) is 26.2 Å². The molecule has 150 valence electrons. The van der Waals surface area contributed by atoms with Crippen molar-refractivity contribution >= 4 is 29.9 Å². The minimum Gasteiger partial charge on any atom is -0.444 e. The minimum atomic E-state index is 0. The molecule has 1 unspecified atom stereocenters. The van der Waals surface area contributed by atoms with Crippen molar-refractivity contribution in [3.8, 4) is 0 Å². The molecule has 0 amide bonds. The van der Waals surface area contributed by atoms with Gasteiger partial charge in [-0.05, 0) is 59.0 Å². The van der Waals surface area contributed by atoms with E-state index in [9.17, 15) is 0 Å². The summed E-state index contributed by atoms with van der Waals surface area (Å²) in [5, 5.41) is 6.85. The van der Waals surface area contributed by atoms with Crippen molar-refractivity contribution in [1.82, 2.24) is 20.5 Å². The zero-order chi connectivity index (χ0) is 18.2. The molecule has 1 aliphatic rings. The highest BCUT2D eigenvalue weighted by atomic mass is 127. The van der Waals surface area contributed by atoms with E-state index in [1.807, 2.05) is 13.8 Å². The number of halogens is 1. The van der Waals surface area contributed by atoms with Crippen LogP contribution in [0.5, 0.6) is 0 Å². The highest BCUT2D eigenvalue weighted by molar-refractivity contribution is 14.0. The van der Waals surface area contributed by atoms with Gasteiger partial charge in [0.05, 0.1) is 5.69 Å². The Hall–Kier alpha value is -0.830. The van der Waals surface area contributed by atoms with Crippen LogP contribution in [0.2, 0.25) is 0 Å². The van der Waals surface area contributed by atoms with Crippen LogP contribution in [-0.2, 0) is 6.54 Å². The molecule has 0 bridgehead atoms. The molecule has 1 fully saturated rings. The van der Waals surface area contributed by atoms with Crippen LogP contribution < -0.4 is 10.6 Å². The highest BCUT2D eigenvalue weighted by Crippen LogP contribution is 2.17. The monoisotopic (exact) mass is 477 g/mol. The van der Waals surface area contributed by atoms with Gasteiger partial charge in [0.15, 0.2) is 5.96 Å². The maximum Gasteiger partial charge on any atom is 0.216 e. The molecule has 0 aromatic carbocycles. The molecule has 0 saturated carbocycles. The predicted octanol–water partition coefficient (Wildman–Crippen LogP) is 3.48. The first-order valence-corrected chi connectivity index (χ1v) is 9.68. The van der Waals surface area contributed by atoms with Crippen molar-refractivity contribution in [2.45, 2.75) is 66.5 Å². The second kappa shape index (κ2) is 11.8. The lowest BCUT2D eigenvalue weighted by atomic mass is 10.0. The Balaban J connectivity index is 0.00000338. The van der Waals surface area contributed by atoms with E-state index in [1.165, 1.54) is 32.4 Å². The summed E-state index contributed by atoms with van der Waals surface area (Å²) in [7, 11) is 0. The number of aliphatic imine (C=N–C) groups is 1. The van der Waals surface area contributed by atoms with Crippen molar-refractivity contribution in [2.24, 2.45) is 10.9 Å². The van der Waals surface area contributed by atoms with Gasteiger partial charge in [-0.2, -0.15) is 0 Å². The summed E-state index contributed by atoms with van der Waals surface area (Å²) in [5.41, 5.74) is 0.939. The number of guanidine groups is 1. The Morgan fingerprint density at radius 2 is 1.92 bits per heavy atom. The number of likely N-dealkylation sites (tertiary alicyclic amines) is 1. The third-order valence-electron chi connectivity index (χ3n) is 4.70. The maximum atomic E-state index is 5.62. The van der Waals surface area contributed by atoms with Gasteiger partial charge in [-0.15, -0.1) is 24.0 Å². The van der Waals surface area contributed by atoms with Crippen LogP contribution in [0.15, 0.2) is 9.41 Å². The van der Waals surface area contributed by atoms with Gasteiger partial charge in [0.25, 0.3) is 0 Å². The van der Waals surface area contributed by atoms with Crippen LogP contribution in [-0.4, -0.2) is 48.1 Å². The summed E-state index contributed by atoms with van der Waals surface area (Å²) in [6.45, 7) is 15.3. The Morgan fingerprint density at radius 1 is 1.23 bits per heavy atom. The summed E-state index contributed by atoms with van der Waals surface area (Å²) in [6, 6.07) is 0.567. The van der Waals surface area contributed by atoms with Crippen molar-refractivity contribution in [3.05, 3.63) is 17.3 Å². The van der Waals surface area contributed by atoms with Gasteiger partial charge in [-0.3, -0.25) is 4.90 Å². The van der Waals surface area contributed by atoms with E-state index < -0.39 is 0 Å². The molecule has 2 N–H and O–H groups in total. The number of nitrogens with one attached hydrogen (secondary N) is 2. The summed E-state index contributed by atoms with van der Waals surface area (Å²) in [5.74, 6) is 3.08. The fourth-order valence-electron chi connectivity index (χ4n) is 3.32. The molecule has 1 aromatic rings. The summed E-state index contributed by atoms with van der Waals surface area (Å²) < 4.78 is 5.62. The van der Waals surface area contributed by atoms with Crippen LogP contribution in [0.25, 0.3) is 0 Å². The van der Waals surface area contributed by atoms with E-state index >= 15 is 0 Å². The molecular formula is C19H36IN5O. The average Bonchev–Trinajstić information content (AvgIpc) is 3.19. The standard InChI is InChI=1S/C19H35N5O.HI/c1-6-20-19(22-13-18-23-15(4)16(5)25-18)21-12-17(11-14(2)3)24-9-7-8-10-24;/h14,17H,6-13H2,1-5H3,(H2,20,21,22);1H. The van der Waals surface area contributed by atoms with Gasteiger partial charge in [0, 0.05) is 19.1 Å². The molecule has 6 nitrogen and oxygen atoms in total. The smallest absolute Gasteiger partial charge is 0.216 e. The number of nitrogens with zero attached hydrogens (tertiary/aromatic N) is 3. The van der Waals surface area contributed by atoms with Crippen LogP contribution in [0.1, 0.15) is 57.4 Å². The fourth-order valence-corrected chi connectivity index (χ4v) is 3.32. The summed E-state index contributed by atoms with van der Waals surface area (Å²) >= 11 is 0. The van der Waals surface area contributed by atoms with E-state index in [0.717, 1.165) is 30.5 Å².